The Hall–Kier alpha value is -0.530. The molecule has 142 valence electrons. The van der Waals surface area contributed by atoms with Gasteiger partial charge in [-0.15, -0.1) is 24.0 Å². The average Bonchev–Trinajstić information content (AvgIpc) is 2.51. The molecule has 0 aliphatic heterocycles. The first kappa shape index (κ1) is 23.5. The maximum absolute atomic E-state index is 11.8. The first-order valence-electron chi connectivity index (χ1n) is 9.20. The Bertz CT molecular complexity index is 385. The second kappa shape index (κ2) is 11.9. The summed E-state index contributed by atoms with van der Waals surface area (Å²) >= 11 is 0. The maximum Gasteiger partial charge on any atom is 0.225 e. The summed E-state index contributed by atoms with van der Waals surface area (Å²) in [5.41, 5.74) is -0.343. The summed E-state index contributed by atoms with van der Waals surface area (Å²) in [4.78, 5) is 16.4. The molecule has 0 unspecified atom stereocenters. The smallest absolute Gasteiger partial charge is 0.225 e. The van der Waals surface area contributed by atoms with Gasteiger partial charge in [-0.25, -0.2) is 0 Å². The molecular weight excluding hydrogens is 415 g/mol. The van der Waals surface area contributed by atoms with Crippen LogP contribution < -0.4 is 16.0 Å². The van der Waals surface area contributed by atoms with Crippen molar-refractivity contribution in [3.63, 3.8) is 0 Å². The van der Waals surface area contributed by atoms with Gasteiger partial charge in [-0.2, -0.15) is 0 Å². The summed E-state index contributed by atoms with van der Waals surface area (Å²) in [7, 11) is 0. The Labute approximate surface area is 165 Å². The molecule has 24 heavy (non-hydrogen) atoms. The van der Waals surface area contributed by atoms with Crippen molar-refractivity contribution in [3.8, 4) is 0 Å². The largest absolute Gasteiger partial charge is 0.357 e. The molecule has 1 fully saturated rings. The molecule has 0 atom stereocenters. The van der Waals surface area contributed by atoms with Crippen LogP contribution in [-0.4, -0.2) is 37.5 Å². The van der Waals surface area contributed by atoms with Crippen LogP contribution in [0.3, 0.4) is 0 Å². The number of carbonyl (C=O) groups is 1. The second-order valence-corrected chi connectivity index (χ2v) is 7.54. The lowest BCUT2D eigenvalue weighted by Crippen LogP contribution is -2.45. The van der Waals surface area contributed by atoms with Crippen LogP contribution in [0.15, 0.2) is 4.99 Å². The Kier molecular flexibility index (Phi) is 11.7. The lowest BCUT2D eigenvalue weighted by Gasteiger charge is -2.29. The van der Waals surface area contributed by atoms with Crippen LogP contribution in [-0.2, 0) is 4.79 Å². The molecule has 1 amide bonds. The number of halogens is 1. The normalized spacial score (nSPS) is 21.6. The van der Waals surface area contributed by atoms with Crippen molar-refractivity contribution in [3.05, 3.63) is 0 Å². The van der Waals surface area contributed by atoms with Crippen LogP contribution >= 0.6 is 24.0 Å². The van der Waals surface area contributed by atoms with Crippen LogP contribution in [0.5, 0.6) is 0 Å². The molecule has 0 saturated heterocycles. The molecule has 0 aromatic heterocycles. The minimum atomic E-state index is -0.343. The van der Waals surface area contributed by atoms with Gasteiger partial charge in [0, 0.05) is 24.5 Å². The Balaban J connectivity index is 0.00000529. The quantitative estimate of drug-likeness (QED) is 0.251. The van der Waals surface area contributed by atoms with E-state index in [1.807, 2.05) is 20.8 Å². The summed E-state index contributed by atoms with van der Waals surface area (Å²) in [6, 6.07) is 0.528. The first-order valence-corrected chi connectivity index (χ1v) is 9.20. The van der Waals surface area contributed by atoms with Gasteiger partial charge in [-0.1, -0.05) is 34.1 Å². The van der Waals surface area contributed by atoms with Crippen molar-refractivity contribution in [2.45, 2.75) is 72.8 Å². The molecule has 6 heteroatoms. The number of carbonyl (C=O) groups excluding carboxylic acids is 1. The highest BCUT2D eigenvalue weighted by molar-refractivity contribution is 14.0. The predicted octanol–water partition coefficient (Wildman–Crippen LogP) is 3.29. The molecule has 1 aliphatic carbocycles. The van der Waals surface area contributed by atoms with Crippen LogP contribution in [0, 0.1) is 11.3 Å². The number of amides is 1. The molecule has 0 heterocycles. The van der Waals surface area contributed by atoms with Gasteiger partial charge in [-0.3, -0.25) is 9.79 Å². The van der Waals surface area contributed by atoms with Crippen molar-refractivity contribution in [2.24, 2.45) is 16.3 Å². The van der Waals surface area contributed by atoms with E-state index in [-0.39, 0.29) is 35.3 Å². The van der Waals surface area contributed by atoms with Crippen LogP contribution in [0.25, 0.3) is 0 Å². The Morgan fingerprint density at radius 2 is 1.71 bits per heavy atom. The molecule has 0 bridgehead atoms. The number of hydrogen-bond donors (Lipinski definition) is 3. The lowest BCUT2D eigenvalue weighted by molar-refractivity contribution is -0.128. The van der Waals surface area contributed by atoms with Crippen molar-refractivity contribution in [2.75, 3.05) is 19.6 Å². The average molecular weight is 452 g/mol. The third kappa shape index (κ3) is 9.08. The topological polar surface area (TPSA) is 65.5 Å². The molecule has 0 aromatic carbocycles. The summed E-state index contributed by atoms with van der Waals surface area (Å²) in [5.74, 6) is 1.85. The fourth-order valence-corrected chi connectivity index (χ4v) is 2.83. The van der Waals surface area contributed by atoms with E-state index >= 15 is 0 Å². The first-order chi connectivity index (χ1) is 10.9. The molecule has 1 aliphatic rings. The number of nitrogens with zero attached hydrogens (tertiary/aromatic N) is 1. The molecule has 0 aromatic rings. The van der Waals surface area contributed by atoms with Crippen molar-refractivity contribution < 1.29 is 4.79 Å². The highest BCUT2D eigenvalue weighted by atomic mass is 127. The van der Waals surface area contributed by atoms with Crippen molar-refractivity contribution in [1.29, 1.82) is 0 Å². The number of nitrogens with one attached hydrogen (secondary N) is 3. The zero-order valence-electron chi connectivity index (χ0n) is 16.1. The van der Waals surface area contributed by atoms with Gasteiger partial charge >= 0.3 is 0 Å². The SMILES string of the molecule is CCNC(=NCCNC(=O)C(C)(C)C)NC1CCC(CC)CC1.I. The minimum absolute atomic E-state index is 0. The maximum atomic E-state index is 11.8. The van der Waals surface area contributed by atoms with Gasteiger partial charge in [0.1, 0.15) is 0 Å². The van der Waals surface area contributed by atoms with Gasteiger partial charge in [0.05, 0.1) is 6.54 Å². The van der Waals surface area contributed by atoms with E-state index in [2.05, 4.69) is 34.8 Å². The van der Waals surface area contributed by atoms with E-state index in [4.69, 9.17) is 0 Å². The fourth-order valence-electron chi connectivity index (χ4n) is 2.83. The van der Waals surface area contributed by atoms with E-state index in [1.54, 1.807) is 0 Å². The molecule has 5 nitrogen and oxygen atoms in total. The molecule has 1 rings (SSSR count). The second-order valence-electron chi connectivity index (χ2n) is 7.54. The Morgan fingerprint density at radius 3 is 2.21 bits per heavy atom. The van der Waals surface area contributed by atoms with Crippen molar-refractivity contribution in [1.82, 2.24) is 16.0 Å². The third-order valence-corrected chi connectivity index (χ3v) is 4.46. The van der Waals surface area contributed by atoms with Crippen LogP contribution in [0.4, 0.5) is 0 Å². The van der Waals surface area contributed by atoms with E-state index < -0.39 is 0 Å². The van der Waals surface area contributed by atoms with Gasteiger partial charge in [0.15, 0.2) is 5.96 Å². The zero-order valence-corrected chi connectivity index (χ0v) is 18.4. The molecule has 1 saturated carbocycles. The highest BCUT2D eigenvalue weighted by Crippen LogP contribution is 2.26. The molecular formula is C18H37IN4O. The number of rotatable bonds is 6. The lowest BCUT2D eigenvalue weighted by atomic mass is 9.84. The summed E-state index contributed by atoms with van der Waals surface area (Å²) in [6.45, 7) is 12.2. The highest BCUT2D eigenvalue weighted by Gasteiger charge is 2.21. The van der Waals surface area contributed by atoms with Crippen LogP contribution in [0.1, 0.15) is 66.7 Å². The fraction of sp³-hybridized carbons (Fsp3) is 0.889. The molecule has 0 radical (unpaired) electrons. The summed E-state index contributed by atoms with van der Waals surface area (Å²) < 4.78 is 0. The standard InChI is InChI=1S/C18H36N4O.HI/c1-6-14-8-10-15(11-9-14)22-17(19-7-2)21-13-12-20-16(23)18(3,4)5;/h14-15H,6-13H2,1-5H3,(H,20,23)(H2,19,21,22);1H. The number of hydrogen-bond acceptors (Lipinski definition) is 2. The van der Waals surface area contributed by atoms with Crippen LogP contribution in [0.2, 0.25) is 0 Å². The summed E-state index contributed by atoms with van der Waals surface area (Å²) in [6.07, 6.45) is 6.38. The molecule has 3 N–H and O–H groups in total. The zero-order chi connectivity index (χ0) is 17.3. The van der Waals surface area contributed by atoms with E-state index in [0.717, 1.165) is 18.4 Å². The van der Waals surface area contributed by atoms with Gasteiger partial charge in [0.25, 0.3) is 0 Å². The monoisotopic (exact) mass is 452 g/mol. The van der Waals surface area contributed by atoms with Gasteiger partial charge < -0.3 is 16.0 Å². The Morgan fingerprint density at radius 1 is 1.08 bits per heavy atom. The van der Waals surface area contributed by atoms with Crippen molar-refractivity contribution >= 4 is 35.8 Å². The third-order valence-electron chi connectivity index (χ3n) is 4.46. The van der Waals surface area contributed by atoms with Gasteiger partial charge in [0.2, 0.25) is 5.91 Å². The predicted molar refractivity (Wildman–Crippen MR) is 113 cm³/mol. The molecule has 0 spiro atoms. The number of guanidine groups is 1. The van der Waals surface area contributed by atoms with E-state index in [1.165, 1.54) is 32.1 Å². The number of aliphatic imine (C=N–C) groups is 1. The van der Waals surface area contributed by atoms with E-state index in [0.29, 0.717) is 19.1 Å². The minimum Gasteiger partial charge on any atom is -0.357 e. The van der Waals surface area contributed by atoms with Gasteiger partial charge in [-0.05, 0) is 38.5 Å². The van der Waals surface area contributed by atoms with E-state index in [9.17, 15) is 4.79 Å². The summed E-state index contributed by atoms with van der Waals surface area (Å²) in [5, 5.41) is 9.78.